The van der Waals surface area contributed by atoms with Gasteiger partial charge in [-0.3, -0.25) is 9.59 Å². The normalized spacial score (nSPS) is 18.8. The number of phenols is 1. The summed E-state index contributed by atoms with van der Waals surface area (Å²) in [6.45, 7) is 0. The van der Waals surface area contributed by atoms with Crippen LogP contribution in [0, 0.1) is 5.92 Å². The molecule has 0 bridgehead atoms. The van der Waals surface area contributed by atoms with Crippen molar-refractivity contribution in [2.45, 2.75) is 38.0 Å². The number of aromatic hydroxyl groups is 1. The number of carbonyl (C=O) groups excluding carboxylic acids is 2. The van der Waals surface area contributed by atoms with Gasteiger partial charge in [-0.2, -0.15) is 0 Å². The molecule has 2 aromatic rings. The number of hydrogen-bond acceptors (Lipinski definition) is 3. The summed E-state index contributed by atoms with van der Waals surface area (Å²) in [6, 6.07) is 8.51. The lowest BCUT2D eigenvalue weighted by molar-refractivity contribution is -0.119. The van der Waals surface area contributed by atoms with Gasteiger partial charge in [0.1, 0.15) is 5.75 Å². The molecule has 1 aliphatic heterocycles. The van der Waals surface area contributed by atoms with Crippen LogP contribution in [0.15, 0.2) is 30.3 Å². The first kappa shape index (κ1) is 19.1. The maximum Gasteiger partial charge on any atom is 0.232 e. The van der Waals surface area contributed by atoms with Gasteiger partial charge in [0.2, 0.25) is 11.8 Å². The smallest absolute Gasteiger partial charge is 0.232 e. The fourth-order valence-corrected chi connectivity index (χ4v) is 4.57. The monoisotopic (exact) mass is 418 g/mol. The Labute approximate surface area is 173 Å². The van der Waals surface area contributed by atoms with E-state index in [9.17, 15) is 14.7 Å². The van der Waals surface area contributed by atoms with Crippen LogP contribution in [-0.2, 0) is 16.0 Å². The third-order valence-electron chi connectivity index (χ3n) is 5.53. The lowest BCUT2D eigenvalue weighted by Gasteiger charge is -2.13. The largest absolute Gasteiger partial charge is 0.506 e. The van der Waals surface area contributed by atoms with E-state index in [1.165, 1.54) is 6.07 Å². The molecular weight excluding hydrogens is 399 g/mol. The van der Waals surface area contributed by atoms with Gasteiger partial charge in [-0.05, 0) is 54.7 Å². The molecule has 1 aliphatic carbocycles. The van der Waals surface area contributed by atoms with Gasteiger partial charge in [-0.25, -0.2) is 0 Å². The van der Waals surface area contributed by atoms with Gasteiger partial charge < -0.3 is 15.7 Å². The molecule has 2 amide bonds. The van der Waals surface area contributed by atoms with Crippen LogP contribution < -0.4 is 10.6 Å². The standard InChI is InChI=1S/C21H20Cl2N2O3/c22-13-7-12(19(26)17(23)9-13)8-16-15-6-5-14(10-18(15)25-21(16)28)24-20(27)11-3-1-2-4-11/h5-7,9-11,16,26H,1-4,8H2,(H,24,27)(H,25,28). The van der Waals surface area contributed by atoms with Crippen molar-refractivity contribution < 1.29 is 14.7 Å². The lowest BCUT2D eigenvalue weighted by atomic mass is 9.92. The molecule has 0 aromatic heterocycles. The number of anilines is 2. The summed E-state index contributed by atoms with van der Waals surface area (Å²) < 4.78 is 0. The zero-order valence-electron chi connectivity index (χ0n) is 15.1. The molecule has 0 spiro atoms. The molecule has 7 heteroatoms. The van der Waals surface area contributed by atoms with Crippen molar-refractivity contribution in [3.63, 3.8) is 0 Å². The fraction of sp³-hybridized carbons (Fsp3) is 0.333. The summed E-state index contributed by atoms with van der Waals surface area (Å²) in [6.07, 6.45) is 4.34. The number of carbonyl (C=O) groups is 2. The molecule has 1 unspecified atom stereocenters. The number of phenolic OH excluding ortho intramolecular Hbond substituents is 1. The predicted molar refractivity (Wildman–Crippen MR) is 110 cm³/mol. The molecule has 28 heavy (non-hydrogen) atoms. The number of benzene rings is 2. The molecular formula is C21H20Cl2N2O3. The topological polar surface area (TPSA) is 78.4 Å². The third-order valence-corrected chi connectivity index (χ3v) is 6.03. The van der Waals surface area contributed by atoms with Crippen molar-refractivity contribution in [1.29, 1.82) is 0 Å². The van der Waals surface area contributed by atoms with Crippen molar-refractivity contribution in [3.8, 4) is 5.75 Å². The number of hydrogen-bond donors (Lipinski definition) is 3. The fourth-order valence-electron chi connectivity index (χ4n) is 4.04. The molecule has 1 saturated carbocycles. The zero-order valence-corrected chi connectivity index (χ0v) is 16.6. The van der Waals surface area contributed by atoms with Gasteiger partial charge in [-0.15, -0.1) is 0 Å². The predicted octanol–water partition coefficient (Wildman–Crippen LogP) is 5.11. The highest BCUT2D eigenvalue weighted by atomic mass is 35.5. The first-order valence-electron chi connectivity index (χ1n) is 9.35. The Morgan fingerprint density at radius 2 is 1.93 bits per heavy atom. The van der Waals surface area contributed by atoms with Gasteiger partial charge in [0.15, 0.2) is 0 Å². The first-order valence-corrected chi connectivity index (χ1v) is 10.1. The van der Waals surface area contributed by atoms with Gasteiger partial charge in [0, 0.05) is 22.3 Å². The van der Waals surface area contributed by atoms with Crippen molar-refractivity contribution in [3.05, 3.63) is 51.5 Å². The number of amides is 2. The minimum Gasteiger partial charge on any atom is -0.506 e. The highest BCUT2D eigenvalue weighted by molar-refractivity contribution is 6.35. The van der Waals surface area contributed by atoms with E-state index in [1.54, 1.807) is 12.1 Å². The number of fused-ring (bicyclic) bond motifs is 1. The average Bonchev–Trinajstić information content (AvgIpc) is 3.28. The minimum absolute atomic E-state index is 0.0387. The quantitative estimate of drug-likeness (QED) is 0.645. The van der Waals surface area contributed by atoms with Crippen molar-refractivity contribution in [1.82, 2.24) is 0 Å². The summed E-state index contributed by atoms with van der Waals surface area (Å²) >= 11 is 12.0. The second kappa shape index (κ2) is 7.64. The summed E-state index contributed by atoms with van der Waals surface area (Å²) in [5.41, 5.74) is 2.68. The molecule has 1 fully saturated rings. The number of nitrogens with one attached hydrogen (secondary N) is 2. The molecule has 0 radical (unpaired) electrons. The average molecular weight is 419 g/mol. The van der Waals surface area contributed by atoms with Gasteiger partial charge in [0.05, 0.1) is 10.9 Å². The molecule has 1 atom stereocenters. The molecule has 2 aromatic carbocycles. The van der Waals surface area contributed by atoms with Crippen molar-refractivity contribution >= 4 is 46.4 Å². The zero-order chi connectivity index (χ0) is 19.8. The van der Waals surface area contributed by atoms with Crippen LogP contribution in [-0.4, -0.2) is 16.9 Å². The molecule has 0 saturated heterocycles. The first-order chi connectivity index (χ1) is 13.4. The SMILES string of the molecule is O=C(Nc1ccc2c(c1)NC(=O)C2Cc1cc(Cl)cc(Cl)c1O)C1CCCC1. The van der Waals surface area contributed by atoms with Crippen LogP contribution >= 0.6 is 23.2 Å². The summed E-state index contributed by atoms with van der Waals surface area (Å²) in [5.74, 6) is -0.574. The summed E-state index contributed by atoms with van der Waals surface area (Å²) in [5, 5.41) is 16.6. The van der Waals surface area contributed by atoms with E-state index in [4.69, 9.17) is 23.2 Å². The lowest BCUT2D eigenvalue weighted by Crippen LogP contribution is -2.20. The van der Waals surface area contributed by atoms with Gasteiger partial charge in [0.25, 0.3) is 0 Å². The third kappa shape index (κ3) is 3.69. The van der Waals surface area contributed by atoms with Crippen molar-refractivity contribution in [2.75, 3.05) is 10.6 Å². The van der Waals surface area contributed by atoms with E-state index in [1.807, 2.05) is 12.1 Å². The van der Waals surface area contributed by atoms with Gasteiger partial charge in [-0.1, -0.05) is 42.1 Å². The second-order valence-corrected chi connectivity index (χ2v) is 8.26. The van der Waals surface area contributed by atoms with Crippen LogP contribution in [0.5, 0.6) is 5.75 Å². The molecule has 3 N–H and O–H groups in total. The van der Waals surface area contributed by atoms with E-state index in [0.29, 0.717) is 22.0 Å². The molecule has 2 aliphatic rings. The van der Waals surface area contributed by atoms with Crippen LogP contribution in [0.4, 0.5) is 11.4 Å². The maximum absolute atomic E-state index is 12.5. The van der Waals surface area contributed by atoms with Gasteiger partial charge >= 0.3 is 0 Å². The summed E-state index contributed by atoms with van der Waals surface area (Å²) in [4.78, 5) is 24.8. The van der Waals surface area contributed by atoms with E-state index in [0.717, 1.165) is 31.2 Å². The molecule has 4 rings (SSSR count). The summed E-state index contributed by atoms with van der Waals surface area (Å²) in [7, 11) is 0. The van der Waals surface area contributed by atoms with E-state index in [-0.39, 0.29) is 34.9 Å². The number of halogens is 2. The minimum atomic E-state index is -0.463. The number of rotatable bonds is 4. The van der Waals surface area contributed by atoms with Crippen molar-refractivity contribution in [2.24, 2.45) is 5.92 Å². The highest BCUT2D eigenvalue weighted by Gasteiger charge is 2.32. The highest BCUT2D eigenvalue weighted by Crippen LogP contribution is 2.40. The Morgan fingerprint density at radius 1 is 1.18 bits per heavy atom. The Balaban J connectivity index is 1.54. The molecule has 146 valence electrons. The van der Waals surface area contributed by atoms with Crippen LogP contribution in [0.25, 0.3) is 0 Å². The van der Waals surface area contributed by atoms with E-state index in [2.05, 4.69) is 10.6 Å². The maximum atomic E-state index is 12.5. The van der Waals surface area contributed by atoms with E-state index < -0.39 is 5.92 Å². The second-order valence-electron chi connectivity index (χ2n) is 7.41. The van der Waals surface area contributed by atoms with E-state index >= 15 is 0 Å². The molecule has 1 heterocycles. The van der Waals surface area contributed by atoms with Crippen LogP contribution in [0.3, 0.4) is 0 Å². The Hall–Kier alpha value is -2.24. The van der Waals surface area contributed by atoms with Crippen LogP contribution in [0.1, 0.15) is 42.7 Å². The molecule has 5 nitrogen and oxygen atoms in total. The Bertz CT molecular complexity index is 955. The Kier molecular flexibility index (Phi) is 5.21. The Morgan fingerprint density at radius 3 is 2.68 bits per heavy atom. The van der Waals surface area contributed by atoms with Crippen LogP contribution in [0.2, 0.25) is 10.0 Å².